The van der Waals surface area contributed by atoms with Crippen LogP contribution in [-0.4, -0.2) is 10.9 Å². The van der Waals surface area contributed by atoms with Crippen LogP contribution in [0.2, 0.25) is 0 Å². The van der Waals surface area contributed by atoms with Crippen LogP contribution < -0.4 is 4.90 Å². The minimum Gasteiger partial charge on any atom is -0.301 e. The van der Waals surface area contributed by atoms with Crippen LogP contribution in [-0.2, 0) is 4.79 Å². The number of amides is 1. The van der Waals surface area contributed by atoms with Crippen molar-refractivity contribution in [2.75, 3.05) is 4.90 Å². The Labute approximate surface area is 147 Å². The van der Waals surface area contributed by atoms with E-state index in [-0.39, 0.29) is 11.9 Å². The van der Waals surface area contributed by atoms with Crippen LogP contribution in [0.4, 0.5) is 5.69 Å². The fourth-order valence-corrected chi connectivity index (χ4v) is 3.30. The molecule has 1 atom stereocenters. The third-order valence-electron chi connectivity index (χ3n) is 4.57. The summed E-state index contributed by atoms with van der Waals surface area (Å²) < 4.78 is 0. The number of pyridine rings is 1. The van der Waals surface area contributed by atoms with Gasteiger partial charge >= 0.3 is 0 Å². The molecule has 2 aromatic carbocycles. The average molecular weight is 326 g/mol. The molecular weight excluding hydrogens is 308 g/mol. The minimum absolute atomic E-state index is 0.0291. The van der Waals surface area contributed by atoms with Crippen LogP contribution >= 0.6 is 0 Å². The second kappa shape index (κ2) is 6.36. The smallest absolute Gasteiger partial charge is 0.259 e. The second-order valence-electron chi connectivity index (χ2n) is 6.12. The van der Waals surface area contributed by atoms with Crippen molar-refractivity contribution in [3.05, 3.63) is 95.8 Å². The molecule has 0 radical (unpaired) electrons. The molecule has 122 valence electrons. The van der Waals surface area contributed by atoms with Crippen molar-refractivity contribution in [2.24, 2.45) is 0 Å². The molecule has 0 saturated carbocycles. The zero-order chi connectivity index (χ0) is 17.2. The van der Waals surface area contributed by atoms with E-state index in [9.17, 15) is 4.79 Å². The lowest BCUT2D eigenvalue weighted by atomic mass is 10.1. The summed E-state index contributed by atoms with van der Waals surface area (Å²) in [6, 6.07) is 21.9. The fraction of sp³-hybridized carbons (Fsp3) is 0.0909. The van der Waals surface area contributed by atoms with Gasteiger partial charge < -0.3 is 4.90 Å². The van der Waals surface area contributed by atoms with Crippen molar-refractivity contribution in [3.63, 3.8) is 0 Å². The van der Waals surface area contributed by atoms with Crippen molar-refractivity contribution >= 4 is 23.2 Å². The van der Waals surface area contributed by atoms with Gasteiger partial charge in [-0.2, -0.15) is 0 Å². The Morgan fingerprint density at radius 3 is 2.48 bits per heavy atom. The molecule has 3 heteroatoms. The van der Waals surface area contributed by atoms with Gasteiger partial charge in [-0.05, 0) is 36.3 Å². The van der Waals surface area contributed by atoms with Crippen molar-refractivity contribution in [3.8, 4) is 0 Å². The molecule has 1 amide bonds. The predicted molar refractivity (Wildman–Crippen MR) is 101 cm³/mol. The standard InChI is InChI=1S/C22H18N2O/c1-16(18-9-3-2-4-10-18)24-21-12-6-5-11-19(21)20(22(24)25)14-17-8-7-13-23-15-17/h2-16H,1H3/b20-14-. The first-order valence-electron chi connectivity index (χ1n) is 8.35. The van der Waals surface area contributed by atoms with Crippen LogP contribution in [0, 0.1) is 0 Å². The molecule has 3 aromatic rings. The van der Waals surface area contributed by atoms with E-state index in [2.05, 4.69) is 24.0 Å². The van der Waals surface area contributed by atoms with E-state index in [1.54, 1.807) is 12.4 Å². The highest BCUT2D eigenvalue weighted by atomic mass is 16.2. The van der Waals surface area contributed by atoms with Gasteiger partial charge in [0.05, 0.1) is 11.7 Å². The van der Waals surface area contributed by atoms with E-state index in [0.717, 1.165) is 22.4 Å². The SMILES string of the molecule is CC(c1ccccc1)N1C(=O)/C(=C\c2cccnc2)c2ccccc21. The zero-order valence-electron chi connectivity index (χ0n) is 14.0. The highest BCUT2D eigenvalue weighted by Crippen LogP contribution is 2.42. The number of anilines is 1. The summed E-state index contributed by atoms with van der Waals surface area (Å²) in [4.78, 5) is 19.2. The summed E-state index contributed by atoms with van der Waals surface area (Å²) in [6.45, 7) is 2.07. The molecule has 2 heterocycles. The number of hydrogen-bond donors (Lipinski definition) is 0. The summed E-state index contributed by atoms with van der Waals surface area (Å²) in [5, 5.41) is 0. The molecule has 1 aliphatic heterocycles. The van der Waals surface area contributed by atoms with Crippen LogP contribution in [0.1, 0.15) is 29.7 Å². The van der Waals surface area contributed by atoms with Crippen molar-refractivity contribution < 1.29 is 4.79 Å². The van der Waals surface area contributed by atoms with Gasteiger partial charge in [-0.25, -0.2) is 0 Å². The number of rotatable bonds is 3. The molecule has 0 bridgehead atoms. The number of carbonyl (C=O) groups is 1. The van der Waals surface area contributed by atoms with Crippen LogP contribution in [0.5, 0.6) is 0 Å². The van der Waals surface area contributed by atoms with E-state index in [0.29, 0.717) is 5.57 Å². The molecule has 4 rings (SSSR count). The molecule has 1 aromatic heterocycles. The number of carbonyl (C=O) groups excluding carboxylic acids is 1. The maximum absolute atomic E-state index is 13.2. The van der Waals surface area contributed by atoms with Crippen LogP contribution in [0.15, 0.2) is 79.1 Å². The number of fused-ring (bicyclic) bond motifs is 1. The lowest BCUT2D eigenvalue weighted by Gasteiger charge is -2.25. The first-order chi connectivity index (χ1) is 12.3. The third-order valence-corrected chi connectivity index (χ3v) is 4.57. The first kappa shape index (κ1) is 15.3. The summed E-state index contributed by atoms with van der Waals surface area (Å²) in [5.74, 6) is 0.0291. The average Bonchev–Trinajstić information content (AvgIpc) is 2.95. The van der Waals surface area contributed by atoms with Crippen molar-refractivity contribution in [2.45, 2.75) is 13.0 Å². The van der Waals surface area contributed by atoms with Gasteiger partial charge in [0, 0.05) is 23.5 Å². The van der Waals surface area contributed by atoms with Crippen LogP contribution in [0.25, 0.3) is 11.6 Å². The topological polar surface area (TPSA) is 33.2 Å². The van der Waals surface area contributed by atoms with Gasteiger partial charge in [0.15, 0.2) is 0 Å². The van der Waals surface area contributed by atoms with E-state index in [1.165, 1.54) is 0 Å². The Morgan fingerprint density at radius 2 is 1.72 bits per heavy atom. The third kappa shape index (κ3) is 2.74. The molecule has 0 aliphatic carbocycles. The first-order valence-corrected chi connectivity index (χ1v) is 8.35. The Balaban J connectivity index is 1.81. The molecule has 25 heavy (non-hydrogen) atoms. The van der Waals surface area contributed by atoms with Crippen molar-refractivity contribution in [1.29, 1.82) is 0 Å². The van der Waals surface area contributed by atoms with E-state index < -0.39 is 0 Å². The highest BCUT2D eigenvalue weighted by molar-refractivity contribution is 6.36. The molecule has 1 unspecified atom stereocenters. The summed E-state index contributed by atoms with van der Waals surface area (Å²) >= 11 is 0. The van der Waals surface area contributed by atoms with Gasteiger partial charge in [-0.15, -0.1) is 0 Å². The van der Waals surface area contributed by atoms with Gasteiger partial charge in [-0.1, -0.05) is 54.6 Å². The minimum atomic E-state index is -0.0327. The quantitative estimate of drug-likeness (QED) is 0.652. The van der Waals surface area contributed by atoms with E-state index in [1.807, 2.05) is 65.6 Å². The summed E-state index contributed by atoms with van der Waals surface area (Å²) in [6.07, 6.45) is 5.42. The Kier molecular flexibility index (Phi) is 3.90. The lowest BCUT2D eigenvalue weighted by molar-refractivity contribution is -0.113. The Bertz CT molecular complexity index is 933. The maximum Gasteiger partial charge on any atom is 0.259 e. The van der Waals surface area contributed by atoms with E-state index >= 15 is 0 Å². The number of para-hydroxylation sites is 1. The molecule has 1 aliphatic rings. The predicted octanol–water partition coefficient (Wildman–Crippen LogP) is 4.73. The lowest BCUT2D eigenvalue weighted by Crippen LogP contribution is -2.29. The Hall–Kier alpha value is -3.20. The van der Waals surface area contributed by atoms with Crippen LogP contribution in [0.3, 0.4) is 0 Å². The molecule has 0 saturated heterocycles. The number of hydrogen-bond acceptors (Lipinski definition) is 2. The van der Waals surface area contributed by atoms with Gasteiger partial charge in [0.25, 0.3) is 5.91 Å². The summed E-state index contributed by atoms with van der Waals surface area (Å²) in [7, 11) is 0. The normalized spacial score (nSPS) is 16.1. The number of nitrogens with zero attached hydrogens (tertiary/aromatic N) is 2. The molecule has 3 nitrogen and oxygen atoms in total. The highest BCUT2D eigenvalue weighted by Gasteiger charge is 2.35. The number of aromatic nitrogens is 1. The monoisotopic (exact) mass is 326 g/mol. The van der Waals surface area contributed by atoms with Gasteiger partial charge in [-0.3, -0.25) is 9.78 Å². The van der Waals surface area contributed by atoms with Crippen molar-refractivity contribution in [1.82, 2.24) is 4.98 Å². The Morgan fingerprint density at radius 1 is 0.960 bits per heavy atom. The zero-order valence-corrected chi connectivity index (χ0v) is 14.0. The molecule has 0 fully saturated rings. The number of benzene rings is 2. The van der Waals surface area contributed by atoms with E-state index in [4.69, 9.17) is 0 Å². The van der Waals surface area contributed by atoms with Gasteiger partial charge in [0.2, 0.25) is 0 Å². The summed E-state index contributed by atoms with van der Waals surface area (Å²) in [5.41, 5.74) is 4.69. The van der Waals surface area contributed by atoms with Gasteiger partial charge in [0.1, 0.15) is 0 Å². The maximum atomic E-state index is 13.2. The fourth-order valence-electron chi connectivity index (χ4n) is 3.30. The molecule has 0 N–H and O–H groups in total. The second-order valence-corrected chi connectivity index (χ2v) is 6.12. The largest absolute Gasteiger partial charge is 0.301 e. The molecular formula is C22H18N2O. The molecule has 0 spiro atoms.